The molecule has 38 heavy (non-hydrogen) atoms. The first-order valence-corrected chi connectivity index (χ1v) is 12.6. The molecule has 0 bridgehead atoms. The minimum Gasteiger partial charge on any atom is -0.369 e. The summed E-state index contributed by atoms with van der Waals surface area (Å²) in [6.45, 7) is 4.79. The lowest BCUT2D eigenvalue weighted by Gasteiger charge is -2.27. The van der Waals surface area contributed by atoms with Gasteiger partial charge in [0, 0.05) is 26.0 Å². The van der Waals surface area contributed by atoms with Crippen LogP contribution in [-0.4, -0.2) is 39.6 Å². The molecule has 8 heteroatoms. The largest absolute Gasteiger partial charge is 0.369 e. The Morgan fingerprint density at radius 3 is 2.47 bits per heavy atom. The third-order valence-corrected chi connectivity index (χ3v) is 6.75. The van der Waals surface area contributed by atoms with Crippen LogP contribution in [0.1, 0.15) is 59.3 Å². The highest BCUT2D eigenvalue weighted by atomic mass is 16.2. The predicted molar refractivity (Wildman–Crippen MR) is 146 cm³/mol. The summed E-state index contributed by atoms with van der Waals surface area (Å²) in [6, 6.07) is 20.5. The number of pyridine rings is 1. The third-order valence-electron chi connectivity index (χ3n) is 6.75. The number of hydrogen-bond donors (Lipinski definition) is 1. The topological polar surface area (TPSA) is 116 Å². The van der Waals surface area contributed by atoms with Crippen molar-refractivity contribution in [2.24, 2.45) is 16.6 Å². The van der Waals surface area contributed by atoms with Crippen molar-refractivity contribution in [2.75, 3.05) is 7.05 Å². The molecule has 1 aliphatic rings. The second-order valence-electron chi connectivity index (χ2n) is 10.1. The zero-order chi connectivity index (χ0) is 27.3. The zero-order valence-corrected chi connectivity index (χ0v) is 22.0. The lowest BCUT2D eigenvalue weighted by atomic mass is 9.83. The van der Waals surface area contributed by atoms with Gasteiger partial charge in [0.25, 0.3) is 11.8 Å². The first-order chi connectivity index (χ1) is 18.2. The summed E-state index contributed by atoms with van der Waals surface area (Å²) in [6.07, 6.45) is 4.53. The van der Waals surface area contributed by atoms with Crippen LogP contribution in [0.3, 0.4) is 0 Å². The maximum absolute atomic E-state index is 13.8. The molecule has 1 aliphatic heterocycles. The van der Waals surface area contributed by atoms with Crippen molar-refractivity contribution >= 4 is 17.8 Å². The zero-order valence-electron chi connectivity index (χ0n) is 22.0. The van der Waals surface area contributed by atoms with E-state index in [-0.39, 0.29) is 24.3 Å². The molecule has 8 nitrogen and oxygen atoms in total. The summed E-state index contributed by atoms with van der Waals surface area (Å²) in [7, 11) is 1.71. The van der Waals surface area contributed by atoms with Crippen LogP contribution < -0.4 is 5.73 Å². The summed E-state index contributed by atoms with van der Waals surface area (Å²) >= 11 is 0. The van der Waals surface area contributed by atoms with Crippen LogP contribution >= 0.6 is 0 Å². The van der Waals surface area contributed by atoms with Crippen molar-refractivity contribution < 1.29 is 9.59 Å². The van der Waals surface area contributed by atoms with Crippen molar-refractivity contribution in [1.82, 2.24) is 14.8 Å². The molecule has 0 radical (unpaired) electrons. The standard InChI is InChI=1S/C30H32N6O2/c1-21(2)13-14-30(26-7-5-4-6-8-26)28(38)36(29(32)34-30)20-24-15-25(18-33-17-24)27(37)35(3)19-23-11-9-22(16-31)10-12-23/h4-12,15,17-18,21H,13-14,19-20H2,1-3H3,(H2,32,34)/t30-/m0/s1. The summed E-state index contributed by atoms with van der Waals surface area (Å²) in [5.74, 6) is 0.199. The Morgan fingerprint density at radius 2 is 1.82 bits per heavy atom. The van der Waals surface area contributed by atoms with Gasteiger partial charge in [-0.15, -0.1) is 0 Å². The number of hydrogen-bond acceptors (Lipinski definition) is 6. The Balaban J connectivity index is 1.52. The molecule has 0 saturated carbocycles. The van der Waals surface area contributed by atoms with Crippen molar-refractivity contribution in [2.45, 2.75) is 45.3 Å². The smallest absolute Gasteiger partial charge is 0.262 e. The minimum absolute atomic E-state index is 0.164. The van der Waals surface area contributed by atoms with Gasteiger partial charge in [-0.3, -0.25) is 19.5 Å². The van der Waals surface area contributed by atoms with Crippen molar-refractivity contribution in [3.63, 3.8) is 0 Å². The maximum Gasteiger partial charge on any atom is 0.262 e. The number of guanidine groups is 1. The van der Waals surface area contributed by atoms with E-state index in [1.807, 2.05) is 42.5 Å². The van der Waals surface area contributed by atoms with Gasteiger partial charge >= 0.3 is 0 Å². The Hall–Kier alpha value is -4.51. The summed E-state index contributed by atoms with van der Waals surface area (Å²) < 4.78 is 0. The van der Waals surface area contributed by atoms with Crippen LogP contribution in [-0.2, 0) is 23.4 Å². The quantitative estimate of drug-likeness (QED) is 0.465. The third kappa shape index (κ3) is 5.57. The van der Waals surface area contributed by atoms with Crippen LogP contribution in [0.2, 0.25) is 0 Å². The van der Waals surface area contributed by atoms with Crippen LogP contribution in [0.15, 0.2) is 78.0 Å². The number of nitriles is 1. The van der Waals surface area contributed by atoms with Gasteiger partial charge in [-0.2, -0.15) is 5.26 Å². The van der Waals surface area contributed by atoms with Crippen LogP contribution in [0.4, 0.5) is 0 Å². The molecule has 194 valence electrons. The molecule has 0 fully saturated rings. The van der Waals surface area contributed by atoms with Gasteiger partial charge in [0.1, 0.15) is 0 Å². The number of rotatable bonds is 9. The van der Waals surface area contributed by atoms with Gasteiger partial charge in [0.15, 0.2) is 11.5 Å². The van der Waals surface area contributed by atoms with Crippen LogP contribution in [0, 0.1) is 17.2 Å². The van der Waals surface area contributed by atoms with Gasteiger partial charge in [-0.25, -0.2) is 4.99 Å². The fourth-order valence-corrected chi connectivity index (χ4v) is 4.61. The van der Waals surface area contributed by atoms with E-state index in [0.29, 0.717) is 35.6 Å². The molecule has 2 amide bonds. The van der Waals surface area contributed by atoms with E-state index >= 15 is 0 Å². The van der Waals surface area contributed by atoms with Crippen molar-refractivity contribution in [3.05, 3.63) is 101 Å². The fourth-order valence-electron chi connectivity index (χ4n) is 4.61. The van der Waals surface area contributed by atoms with Gasteiger partial charge < -0.3 is 10.6 Å². The number of nitrogens with zero attached hydrogens (tertiary/aromatic N) is 5. The summed E-state index contributed by atoms with van der Waals surface area (Å²) in [5.41, 5.74) is 8.67. The molecule has 0 spiro atoms. The summed E-state index contributed by atoms with van der Waals surface area (Å²) in [5, 5.41) is 8.98. The highest BCUT2D eigenvalue weighted by molar-refractivity contribution is 6.07. The molecule has 2 N–H and O–H groups in total. The molecule has 2 aromatic carbocycles. The number of carbonyl (C=O) groups excluding carboxylic acids is 2. The Morgan fingerprint density at radius 1 is 1.11 bits per heavy atom. The van der Waals surface area contributed by atoms with Crippen molar-refractivity contribution in [1.29, 1.82) is 5.26 Å². The second-order valence-corrected chi connectivity index (χ2v) is 10.1. The van der Waals surface area contributed by atoms with Gasteiger partial charge in [-0.05, 0) is 53.6 Å². The first-order valence-electron chi connectivity index (χ1n) is 12.6. The van der Waals surface area contributed by atoms with E-state index in [1.54, 1.807) is 36.3 Å². The lowest BCUT2D eigenvalue weighted by Crippen LogP contribution is -2.42. The number of carbonyl (C=O) groups is 2. The van der Waals surface area contributed by atoms with E-state index in [9.17, 15) is 9.59 Å². The maximum atomic E-state index is 13.8. The molecule has 0 saturated heterocycles. The normalized spacial score (nSPS) is 16.9. The number of benzene rings is 2. The van der Waals surface area contributed by atoms with E-state index in [4.69, 9.17) is 16.0 Å². The molecule has 0 unspecified atom stereocenters. The number of aromatic nitrogens is 1. The molecule has 4 rings (SSSR count). The molecule has 1 aromatic heterocycles. The average molecular weight is 509 g/mol. The molecule has 0 aliphatic carbocycles. The second kappa shape index (κ2) is 11.3. The van der Waals surface area contributed by atoms with Gasteiger partial charge in [-0.1, -0.05) is 56.3 Å². The monoisotopic (exact) mass is 508 g/mol. The van der Waals surface area contributed by atoms with Gasteiger partial charge in [0.2, 0.25) is 0 Å². The number of aliphatic imine (C=N–C) groups is 1. The summed E-state index contributed by atoms with van der Waals surface area (Å²) in [4.78, 5) is 39.0. The SMILES string of the molecule is CC(C)CC[C@@]1(c2ccccc2)N=C(N)N(Cc2cncc(C(=O)N(C)Cc3ccc(C#N)cc3)c2)C1=O. The molecular weight excluding hydrogens is 476 g/mol. The Labute approximate surface area is 223 Å². The highest BCUT2D eigenvalue weighted by Crippen LogP contribution is 2.38. The molecule has 3 aromatic rings. The molecular formula is C30H32N6O2. The van der Waals surface area contributed by atoms with E-state index < -0.39 is 5.54 Å². The minimum atomic E-state index is -1.06. The number of amides is 2. The average Bonchev–Trinajstić information content (AvgIpc) is 3.17. The molecule has 2 heterocycles. The van der Waals surface area contributed by atoms with Crippen molar-refractivity contribution in [3.8, 4) is 6.07 Å². The predicted octanol–water partition coefficient (Wildman–Crippen LogP) is 4.21. The fraction of sp³-hybridized carbons (Fsp3) is 0.300. The number of nitrogens with two attached hydrogens (primary N) is 1. The van der Waals surface area contributed by atoms with Gasteiger partial charge in [0.05, 0.1) is 23.7 Å². The Bertz CT molecular complexity index is 1380. The lowest BCUT2D eigenvalue weighted by molar-refractivity contribution is -0.132. The van der Waals surface area contributed by atoms with E-state index in [2.05, 4.69) is 24.9 Å². The van der Waals surface area contributed by atoms with Crippen LogP contribution in [0.5, 0.6) is 0 Å². The van der Waals surface area contributed by atoms with E-state index in [0.717, 1.165) is 17.5 Å². The first kappa shape index (κ1) is 26.6. The highest BCUT2D eigenvalue weighted by Gasteiger charge is 2.48. The van der Waals surface area contributed by atoms with E-state index in [1.165, 1.54) is 11.1 Å². The van der Waals surface area contributed by atoms with Crippen LogP contribution in [0.25, 0.3) is 0 Å². The Kier molecular flexibility index (Phi) is 7.87. The molecule has 1 atom stereocenters.